The van der Waals surface area contributed by atoms with Crippen molar-refractivity contribution in [3.8, 4) is 10.7 Å². The lowest BCUT2D eigenvalue weighted by Crippen LogP contribution is -1.98. The van der Waals surface area contributed by atoms with Crippen molar-refractivity contribution in [1.29, 1.82) is 0 Å². The number of aryl methyl sites for hydroxylation is 1. The average Bonchev–Trinajstić information content (AvgIpc) is 2.83. The van der Waals surface area contributed by atoms with Crippen molar-refractivity contribution in [1.82, 2.24) is 14.8 Å². The van der Waals surface area contributed by atoms with Crippen LogP contribution in [0.25, 0.3) is 10.7 Å². The molecule has 0 fully saturated rings. The van der Waals surface area contributed by atoms with E-state index in [1.165, 1.54) is 9.75 Å². The van der Waals surface area contributed by atoms with Gasteiger partial charge in [0.25, 0.3) is 0 Å². The molecule has 0 unspecified atom stereocenters. The molecular weight excluding hydrogens is 208 g/mol. The molecule has 0 spiro atoms. The Hall–Kier alpha value is -1.36. The second-order valence-electron chi connectivity index (χ2n) is 3.28. The molecule has 80 valence electrons. The lowest BCUT2D eigenvalue weighted by molar-refractivity contribution is 0.927. The number of hydrogen-bond donors (Lipinski definition) is 1. The highest BCUT2D eigenvalue weighted by molar-refractivity contribution is 7.15. The van der Waals surface area contributed by atoms with Crippen LogP contribution in [0, 0.1) is 0 Å². The molecule has 0 bridgehead atoms. The topological polar surface area (TPSA) is 42.7 Å². The summed E-state index contributed by atoms with van der Waals surface area (Å²) in [5.74, 6) is 1.71. The molecule has 0 aliphatic carbocycles. The highest BCUT2D eigenvalue weighted by atomic mass is 32.1. The summed E-state index contributed by atoms with van der Waals surface area (Å²) in [7, 11) is 3.81. The van der Waals surface area contributed by atoms with E-state index in [2.05, 4.69) is 34.6 Å². The van der Waals surface area contributed by atoms with Gasteiger partial charge in [0.2, 0.25) is 5.95 Å². The van der Waals surface area contributed by atoms with Crippen molar-refractivity contribution < 1.29 is 0 Å². The fraction of sp³-hybridized carbons (Fsp3) is 0.400. The normalized spacial score (nSPS) is 10.6. The minimum atomic E-state index is 0.788. The first-order chi connectivity index (χ1) is 7.26. The molecule has 0 saturated carbocycles. The summed E-state index contributed by atoms with van der Waals surface area (Å²) >= 11 is 1.77. The van der Waals surface area contributed by atoms with Crippen molar-refractivity contribution in [3.05, 3.63) is 17.0 Å². The van der Waals surface area contributed by atoms with Gasteiger partial charge in [-0.05, 0) is 18.6 Å². The van der Waals surface area contributed by atoms with E-state index in [-0.39, 0.29) is 0 Å². The first-order valence-electron chi connectivity index (χ1n) is 4.92. The van der Waals surface area contributed by atoms with Crippen LogP contribution in [0.5, 0.6) is 0 Å². The largest absolute Gasteiger partial charge is 0.357 e. The van der Waals surface area contributed by atoms with Crippen LogP contribution in [-0.2, 0) is 13.5 Å². The van der Waals surface area contributed by atoms with E-state index in [9.17, 15) is 0 Å². The second-order valence-corrected chi connectivity index (χ2v) is 4.44. The van der Waals surface area contributed by atoms with Gasteiger partial charge in [0.1, 0.15) is 0 Å². The van der Waals surface area contributed by atoms with E-state index in [4.69, 9.17) is 0 Å². The maximum atomic E-state index is 4.17. The zero-order valence-electron chi connectivity index (χ0n) is 9.11. The number of rotatable bonds is 3. The van der Waals surface area contributed by atoms with E-state index in [1.54, 1.807) is 11.3 Å². The summed E-state index contributed by atoms with van der Waals surface area (Å²) in [6, 6.07) is 4.25. The van der Waals surface area contributed by atoms with Gasteiger partial charge >= 0.3 is 0 Å². The van der Waals surface area contributed by atoms with Crippen molar-refractivity contribution >= 4 is 17.3 Å². The first-order valence-corrected chi connectivity index (χ1v) is 5.74. The molecule has 0 atom stereocenters. The monoisotopic (exact) mass is 222 g/mol. The molecule has 0 aliphatic rings. The van der Waals surface area contributed by atoms with Gasteiger partial charge in [-0.1, -0.05) is 6.92 Å². The van der Waals surface area contributed by atoms with Crippen LogP contribution in [-0.4, -0.2) is 21.8 Å². The molecule has 2 aromatic heterocycles. The molecule has 0 saturated heterocycles. The Morgan fingerprint density at radius 2 is 2.20 bits per heavy atom. The van der Waals surface area contributed by atoms with Gasteiger partial charge in [-0.25, -0.2) is 0 Å². The molecule has 0 aromatic carbocycles. The van der Waals surface area contributed by atoms with E-state index in [0.717, 1.165) is 18.2 Å². The molecule has 5 heteroatoms. The predicted octanol–water partition coefficient (Wildman–Crippen LogP) is 2.15. The standard InChI is InChI=1S/C10H14N4S/c1-4-7-5-6-8(15-7)9-12-13-10(11-2)14(9)3/h5-6H,4H2,1-3H3,(H,11,13). The minimum absolute atomic E-state index is 0.788. The van der Waals surface area contributed by atoms with E-state index in [1.807, 2.05) is 18.7 Å². The summed E-state index contributed by atoms with van der Waals surface area (Å²) in [6.45, 7) is 2.16. The SMILES string of the molecule is CCc1ccc(-c2nnc(NC)n2C)s1. The summed E-state index contributed by atoms with van der Waals surface area (Å²) in [6.07, 6.45) is 1.07. The zero-order chi connectivity index (χ0) is 10.8. The van der Waals surface area contributed by atoms with Gasteiger partial charge in [0.05, 0.1) is 4.88 Å². The highest BCUT2D eigenvalue weighted by Crippen LogP contribution is 2.27. The fourth-order valence-corrected chi connectivity index (χ4v) is 2.42. The molecular formula is C10H14N4S. The van der Waals surface area contributed by atoms with Crippen LogP contribution in [0.4, 0.5) is 5.95 Å². The Morgan fingerprint density at radius 1 is 1.40 bits per heavy atom. The number of nitrogens with one attached hydrogen (secondary N) is 1. The Morgan fingerprint density at radius 3 is 2.73 bits per heavy atom. The summed E-state index contributed by atoms with van der Waals surface area (Å²) in [5.41, 5.74) is 0. The molecule has 15 heavy (non-hydrogen) atoms. The van der Waals surface area contributed by atoms with Crippen molar-refractivity contribution in [2.24, 2.45) is 7.05 Å². The first kappa shape index (κ1) is 10.2. The number of nitrogens with zero attached hydrogens (tertiary/aromatic N) is 3. The quantitative estimate of drug-likeness (QED) is 0.865. The average molecular weight is 222 g/mol. The molecule has 0 amide bonds. The summed E-state index contributed by atoms with van der Waals surface area (Å²) in [5, 5.41) is 11.2. The lowest BCUT2D eigenvalue weighted by Gasteiger charge is -2.00. The maximum Gasteiger partial charge on any atom is 0.224 e. The van der Waals surface area contributed by atoms with Crippen LogP contribution in [0.1, 0.15) is 11.8 Å². The Labute approximate surface area is 93.0 Å². The third-order valence-electron chi connectivity index (χ3n) is 2.33. The second kappa shape index (κ2) is 4.02. The minimum Gasteiger partial charge on any atom is -0.357 e. The van der Waals surface area contributed by atoms with Gasteiger partial charge in [0, 0.05) is 19.0 Å². The molecule has 2 heterocycles. The van der Waals surface area contributed by atoms with E-state index in [0.29, 0.717) is 0 Å². The zero-order valence-corrected chi connectivity index (χ0v) is 9.93. The number of thiophene rings is 1. The van der Waals surface area contributed by atoms with Gasteiger partial charge in [-0.2, -0.15) is 0 Å². The van der Waals surface area contributed by atoms with Crippen molar-refractivity contribution in [3.63, 3.8) is 0 Å². The molecule has 4 nitrogen and oxygen atoms in total. The van der Waals surface area contributed by atoms with Crippen molar-refractivity contribution in [2.45, 2.75) is 13.3 Å². The van der Waals surface area contributed by atoms with Crippen LogP contribution in [0.2, 0.25) is 0 Å². The Balaban J connectivity index is 2.40. The van der Waals surface area contributed by atoms with Crippen LogP contribution >= 0.6 is 11.3 Å². The summed E-state index contributed by atoms with van der Waals surface area (Å²) in [4.78, 5) is 2.54. The van der Waals surface area contributed by atoms with Gasteiger partial charge in [-0.15, -0.1) is 21.5 Å². The Bertz CT molecular complexity index is 458. The lowest BCUT2D eigenvalue weighted by atomic mass is 10.3. The van der Waals surface area contributed by atoms with E-state index >= 15 is 0 Å². The predicted molar refractivity (Wildman–Crippen MR) is 63.2 cm³/mol. The maximum absolute atomic E-state index is 4.17. The molecule has 0 aliphatic heterocycles. The molecule has 2 rings (SSSR count). The fourth-order valence-electron chi connectivity index (χ4n) is 1.45. The number of anilines is 1. The Kier molecular flexibility index (Phi) is 2.73. The molecule has 0 radical (unpaired) electrons. The molecule has 2 aromatic rings. The summed E-state index contributed by atoms with van der Waals surface area (Å²) < 4.78 is 1.96. The number of aromatic nitrogens is 3. The molecule has 1 N–H and O–H groups in total. The van der Waals surface area contributed by atoms with Gasteiger partial charge < -0.3 is 5.32 Å². The third kappa shape index (κ3) is 1.74. The van der Waals surface area contributed by atoms with Crippen LogP contribution < -0.4 is 5.32 Å². The smallest absolute Gasteiger partial charge is 0.224 e. The third-order valence-corrected chi connectivity index (χ3v) is 3.55. The van der Waals surface area contributed by atoms with Crippen molar-refractivity contribution in [2.75, 3.05) is 12.4 Å². The van der Waals surface area contributed by atoms with Gasteiger partial charge in [-0.3, -0.25) is 4.57 Å². The highest BCUT2D eigenvalue weighted by Gasteiger charge is 2.11. The van der Waals surface area contributed by atoms with Crippen LogP contribution in [0.15, 0.2) is 12.1 Å². The van der Waals surface area contributed by atoms with E-state index < -0.39 is 0 Å². The number of hydrogen-bond acceptors (Lipinski definition) is 4. The van der Waals surface area contributed by atoms with Gasteiger partial charge in [0.15, 0.2) is 5.82 Å². The van der Waals surface area contributed by atoms with Crippen LogP contribution in [0.3, 0.4) is 0 Å².